The highest BCUT2D eigenvalue weighted by molar-refractivity contribution is 6.07. The third-order valence-corrected chi connectivity index (χ3v) is 4.65. The number of benzene rings is 1. The number of hydrogen-bond donors (Lipinski definition) is 2. The Morgan fingerprint density at radius 1 is 1.03 bits per heavy atom. The molecule has 34 heavy (non-hydrogen) atoms. The molecule has 13 heteroatoms. The van der Waals surface area contributed by atoms with Crippen molar-refractivity contribution in [2.45, 2.75) is 24.9 Å². The molecular formula is C21H14F6N4O3. The average molecular weight is 484 g/mol. The van der Waals surface area contributed by atoms with Crippen LogP contribution in [0.25, 0.3) is 0 Å². The predicted octanol–water partition coefficient (Wildman–Crippen LogP) is 4.98. The number of fused-ring (bicyclic) bond motifs is 1. The lowest BCUT2D eigenvalue weighted by Gasteiger charge is -2.36. The van der Waals surface area contributed by atoms with Gasteiger partial charge >= 0.3 is 18.3 Å². The van der Waals surface area contributed by atoms with Crippen molar-refractivity contribution in [3.63, 3.8) is 0 Å². The summed E-state index contributed by atoms with van der Waals surface area (Å²) >= 11 is 0. The summed E-state index contributed by atoms with van der Waals surface area (Å²) in [7, 11) is 0. The molecule has 0 fully saturated rings. The Bertz CT molecular complexity index is 1210. The number of carbonyl (C=O) groups is 1. The van der Waals surface area contributed by atoms with E-state index in [2.05, 4.69) is 30.1 Å². The van der Waals surface area contributed by atoms with E-state index in [0.29, 0.717) is 18.7 Å². The second kappa shape index (κ2) is 8.48. The largest absolute Gasteiger partial charge is 0.491 e. The topological polar surface area (TPSA) is 85.4 Å². The molecule has 1 atom stereocenters. The zero-order valence-electron chi connectivity index (χ0n) is 16.9. The van der Waals surface area contributed by atoms with Crippen LogP contribution < -0.4 is 15.4 Å². The molecule has 0 bridgehead atoms. The van der Waals surface area contributed by atoms with Gasteiger partial charge in [0.2, 0.25) is 0 Å². The van der Waals surface area contributed by atoms with E-state index >= 15 is 0 Å². The number of aromatic nitrogens is 2. The zero-order chi connectivity index (χ0) is 24.6. The van der Waals surface area contributed by atoms with Crippen LogP contribution in [0.1, 0.15) is 21.5 Å². The lowest BCUT2D eigenvalue weighted by atomic mass is 10.1. The van der Waals surface area contributed by atoms with Crippen molar-refractivity contribution in [2.24, 2.45) is 0 Å². The van der Waals surface area contributed by atoms with Gasteiger partial charge in [0.1, 0.15) is 11.6 Å². The highest BCUT2D eigenvalue weighted by Crippen LogP contribution is 2.51. The van der Waals surface area contributed by atoms with Gasteiger partial charge in [0, 0.05) is 30.8 Å². The molecule has 1 aromatic carbocycles. The van der Waals surface area contributed by atoms with Gasteiger partial charge in [-0.1, -0.05) is 0 Å². The highest BCUT2D eigenvalue weighted by Gasteiger charge is 2.68. The van der Waals surface area contributed by atoms with Crippen LogP contribution in [0.3, 0.4) is 0 Å². The van der Waals surface area contributed by atoms with E-state index in [1.165, 1.54) is 18.3 Å². The smallest absolute Gasteiger partial charge is 0.428 e. The fraction of sp³-hybridized carbons (Fsp3) is 0.190. The maximum atomic E-state index is 14.2. The van der Waals surface area contributed by atoms with E-state index in [1.807, 2.05) is 0 Å². The minimum Gasteiger partial charge on any atom is -0.428 e. The van der Waals surface area contributed by atoms with Gasteiger partial charge < -0.3 is 15.4 Å². The Kier molecular flexibility index (Phi) is 5.81. The molecule has 2 N–H and O–H groups in total. The Balaban J connectivity index is 1.54. The number of carbonyl (C=O) groups excluding carboxylic acids is 1. The number of pyridine rings is 2. The molecule has 0 saturated heterocycles. The summed E-state index contributed by atoms with van der Waals surface area (Å²) < 4.78 is 88.0. The van der Waals surface area contributed by atoms with E-state index in [4.69, 9.17) is 0 Å². The molecule has 3 aromatic rings. The monoisotopic (exact) mass is 484 g/mol. The lowest BCUT2D eigenvalue weighted by molar-refractivity contribution is -0.486. The third-order valence-electron chi connectivity index (χ3n) is 4.65. The standard InChI is InChI=1S/C21H14F6N4O3/c22-19(23)15-10-13(3-4-16(15)33-21(27,34-19)20(24,25)26)31-18(32)14-2-1-7-29-17(14)30-11-12-5-8-28-9-6-12/h1-10H,11H2,(H,29,30)(H,31,32). The van der Waals surface area contributed by atoms with Gasteiger partial charge in [-0.15, -0.1) is 0 Å². The Hall–Kier alpha value is -3.87. The fourth-order valence-electron chi connectivity index (χ4n) is 3.04. The van der Waals surface area contributed by atoms with Crippen LogP contribution in [0.5, 0.6) is 5.75 Å². The van der Waals surface area contributed by atoms with Gasteiger partial charge in [-0.05, 0) is 48.0 Å². The van der Waals surface area contributed by atoms with Crippen molar-refractivity contribution in [1.29, 1.82) is 0 Å². The maximum Gasteiger partial charge on any atom is 0.491 e. The molecule has 1 unspecified atom stereocenters. The maximum absolute atomic E-state index is 14.2. The van der Waals surface area contributed by atoms with Crippen LogP contribution in [0.2, 0.25) is 0 Å². The van der Waals surface area contributed by atoms with Crippen LogP contribution >= 0.6 is 0 Å². The van der Waals surface area contributed by atoms with Crippen molar-refractivity contribution in [1.82, 2.24) is 9.97 Å². The number of nitrogens with zero attached hydrogens (tertiary/aromatic N) is 2. The normalized spacial score (nSPS) is 19.0. The van der Waals surface area contributed by atoms with E-state index in [1.54, 1.807) is 24.5 Å². The predicted molar refractivity (Wildman–Crippen MR) is 106 cm³/mol. The number of hydrogen-bond acceptors (Lipinski definition) is 6. The summed E-state index contributed by atoms with van der Waals surface area (Å²) in [6.45, 7) is 0.309. The molecule has 0 spiro atoms. The van der Waals surface area contributed by atoms with Gasteiger partial charge in [0.15, 0.2) is 0 Å². The summed E-state index contributed by atoms with van der Waals surface area (Å²) in [6, 6.07) is 3.66. The first-order valence-electron chi connectivity index (χ1n) is 9.55. The molecule has 178 valence electrons. The van der Waals surface area contributed by atoms with Gasteiger partial charge in [-0.25, -0.2) is 9.72 Å². The van der Waals surface area contributed by atoms with Crippen molar-refractivity contribution in [2.75, 3.05) is 10.6 Å². The van der Waals surface area contributed by atoms with Crippen molar-refractivity contribution < 1.29 is 40.6 Å². The van der Waals surface area contributed by atoms with Crippen LogP contribution in [-0.4, -0.2) is 28.1 Å². The Labute approximate surface area is 187 Å². The molecule has 4 rings (SSSR count). The SMILES string of the molecule is O=C(Nc1ccc2c(c1)C(F)(F)OC(F)(C(F)(F)F)O2)c1cccnc1NCc1ccncc1. The van der Waals surface area contributed by atoms with Crippen molar-refractivity contribution >= 4 is 17.4 Å². The number of rotatable bonds is 5. The molecular weight excluding hydrogens is 470 g/mol. The number of ether oxygens (including phenoxy) is 2. The van der Waals surface area contributed by atoms with E-state index in [0.717, 1.165) is 11.6 Å². The Morgan fingerprint density at radius 3 is 2.47 bits per heavy atom. The summed E-state index contributed by atoms with van der Waals surface area (Å²) in [5.74, 6) is -1.64. The number of alkyl halides is 6. The van der Waals surface area contributed by atoms with E-state index < -0.39 is 35.5 Å². The second-order valence-corrected chi connectivity index (χ2v) is 7.03. The molecule has 1 aliphatic rings. The van der Waals surface area contributed by atoms with E-state index in [-0.39, 0.29) is 17.1 Å². The van der Waals surface area contributed by atoms with Gasteiger partial charge in [-0.2, -0.15) is 26.3 Å². The molecule has 1 amide bonds. The third kappa shape index (κ3) is 4.59. The number of halogens is 6. The van der Waals surface area contributed by atoms with E-state index in [9.17, 15) is 31.1 Å². The number of anilines is 2. The highest BCUT2D eigenvalue weighted by atomic mass is 19.4. The first-order chi connectivity index (χ1) is 16.0. The quantitative estimate of drug-likeness (QED) is 0.497. The minimum atomic E-state index is -5.87. The minimum absolute atomic E-state index is 0.0633. The molecule has 3 heterocycles. The molecule has 2 aromatic heterocycles. The lowest BCUT2D eigenvalue weighted by Crippen LogP contribution is -2.54. The number of nitrogens with one attached hydrogen (secondary N) is 2. The fourth-order valence-corrected chi connectivity index (χ4v) is 3.04. The zero-order valence-corrected chi connectivity index (χ0v) is 16.9. The number of amides is 1. The molecule has 0 saturated carbocycles. The summed E-state index contributed by atoms with van der Waals surface area (Å²) in [5.41, 5.74) is -0.497. The first-order valence-corrected chi connectivity index (χ1v) is 9.55. The summed E-state index contributed by atoms with van der Waals surface area (Å²) in [6.07, 6.45) is -5.96. The van der Waals surface area contributed by atoms with Crippen LogP contribution in [0.15, 0.2) is 61.1 Å². The van der Waals surface area contributed by atoms with Crippen molar-refractivity contribution in [3.05, 3.63) is 77.7 Å². The molecule has 1 aliphatic heterocycles. The molecule has 7 nitrogen and oxygen atoms in total. The first kappa shape index (κ1) is 23.3. The second-order valence-electron chi connectivity index (χ2n) is 7.03. The van der Waals surface area contributed by atoms with Crippen LogP contribution in [0, 0.1) is 0 Å². The average Bonchev–Trinajstić information content (AvgIpc) is 2.78. The van der Waals surface area contributed by atoms with Crippen molar-refractivity contribution in [3.8, 4) is 5.75 Å². The van der Waals surface area contributed by atoms with Crippen LogP contribution in [0.4, 0.5) is 37.8 Å². The van der Waals surface area contributed by atoms with Crippen LogP contribution in [-0.2, 0) is 17.4 Å². The van der Waals surface area contributed by atoms with Gasteiger partial charge in [0.05, 0.1) is 11.1 Å². The summed E-state index contributed by atoms with van der Waals surface area (Å²) in [4.78, 5) is 20.7. The molecule has 0 aliphatic carbocycles. The Morgan fingerprint density at radius 2 is 1.76 bits per heavy atom. The molecule has 0 radical (unpaired) electrons. The van der Waals surface area contributed by atoms with Gasteiger partial charge in [0.25, 0.3) is 5.91 Å². The van der Waals surface area contributed by atoms with Gasteiger partial charge in [-0.3, -0.25) is 9.78 Å². The summed E-state index contributed by atoms with van der Waals surface area (Å²) in [5, 5.41) is 5.32.